The fourth-order valence-electron chi connectivity index (χ4n) is 5.18. The number of carbonyl (C=O) groups excluding carboxylic acids is 1. The molecule has 0 radical (unpaired) electrons. The molecule has 1 aliphatic heterocycles. The van der Waals surface area contributed by atoms with E-state index in [9.17, 15) is 19.5 Å². The van der Waals surface area contributed by atoms with Gasteiger partial charge < -0.3 is 24.4 Å². The van der Waals surface area contributed by atoms with E-state index in [0.717, 1.165) is 86.0 Å². The first-order valence-corrected chi connectivity index (χ1v) is 15.0. The van der Waals surface area contributed by atoms with Gasteiger partial charge in [0.1, 0.15) is 17.2 Å². The summed E-state index contributed by atoms with van der Waals surface area (Å²) in [5.74, 6) is 0.746. The van der Waals surface area contributed by atoms with Crippen molar-refractivity contribution in [2.45, 2.75) is 96.8 Å². The van der Waals surface area contributed by atoms with E-state index in [2.05, 4.69) is 13.0 Å². The molecular formula is C33H46Na2O8. The molecule has 3 rings (SSSR count). The van der Waals surface area contributed by atoms with Crippen LogP contribution in [0.2, 0.25) is 0 Å². The number of hydrogen-bond acceptors (Lipinski definition) is 6. The van der Waals surface area contributed by atoms with Crippen LogP contribution < -0.4 is 14.2 Å². The Labute approximate surface area is 299 Å². The van der Waals surface area contributed by atoms with E-state index in [1.807, 2.05) is 24.3 Å². The van der Waals surface area contributed by atoms with Crippen LogP contribution in [0.5, 0.6) is 17.2 Å². The molecular weight excluding hydrogens is 570 g/mol. The SMILES string of the molecule is CCCc1c(OCCCCCCc2cccc(OCCCCCC(=O)O)c2CCC(=O)O)ccc2c1OCCC2=O.[NaH].[NaH]. The van der Waals surface area contributed by atoms with Gasteiger partial charge >= 0.3 is 71.1 Å². The third-order valence-corrected chi connectivity index (χ3v) is 7.30. The Bertz CT molecular complexity index is 1170. The molecule has 0 fully saturated rings. The molecule has 0 atom stereocenters. The van der Waals surface area contributed by atoms with Gasteiger partial charge in [-0.15, -0.1) is 0 Å². The van der Waals surface area contributed by atoms with E-state index in [1.165, 1.54) is 0 Å². The average molecular weight is 617 g/mol. The minimum absolute atomic E-state index is 0. The number of aliphatic carboxylic acids is 2. The number of benzene rings is 2. The monoisotopic (exact) mass is 616 g/mol. The van der Waals surface area contributed by atoms with Crippen molar-refractivity contribution in [1.29, 1.82) is 0 Å². The summed E-state index contributed by atoms with van der Waals surface area (Å²) in [6.45, 7) is 3.61. The zero-order valence-electron chi connectivity index (χ0n) is 24.3. The summed E-state index contributed by atoms with van der Waals surface area (Å²) in [5, 5.41) is 18.0. The minimum atomic E-state index is -0.835. The summed E-state index contributed by atoms with van der Waals surface area (Å²) in [5.41, 5.74) is 3.74. The van der Waals surface area contributed by atoms with Gasteiger partial charge in [-0.25, -0.2) is 0 Å². The third-order valence-electron chi connectivity index (χ3n) is 7.30. The number of Topliss-reactive ketones (excluding diaryl/α,β-unsaturated/α-hetero) is 1. The number of aryl methyl sites for hydroxylation is 1. The number of unbranched alkanes of at least 4 members (excludes halogenated alkanes) is 5. The Hall–Kier alpha value is -1.55. The number of hydrogen-bond donors (Lipinski definition) is 2. The molecule has 43 heavy (non-hydrogen) atoms. The molecule has 0 unspecified atom stereocenters. The number of rotatable bonds is 20. The number of ether oxygens (including phenoxy) is 3. The average Bonchev–Trinajstić information content (AvgIpc) is 2.94. The normalized spacial score (nSPS) is 11.9. The Kier molecular flexibility index (Phi) is 20.2. The molecule has 0 aliphatic carbocycles. The zero-order valence-corrected chi connectivity index (χ0v) is 24.3. The molecule has 1 aliphatic rings. The molecule has 0 saturated heterocycles. The number of ketones is 1. The molecule has 10 heteroatoms. The van der Waals surface area contributed by atoms with Crippen LogP contribution in [-0.4, -0.2) is 107 Å². The van der Waals surface area contributed by atoms with Crippen molar-refractivity contribution in [3.8, 4) is 17.2 Å². The Morgan fingerprint density at radius 2 is 1.42 bits per heavy atom. The maximum atomic E-state index is 12.3. The van der Waals surface area contributed by atoms with E-state index < -0.39 is 11.9 Å². The number of carboxylic acids is 2. The molecule has 2 aromatic rings. The topological polar surface area (TPSA) is 119 Å². The first-order valence-electron chi connectivity index (χ1n) is 15.0. The van der Waals surface area contributed by atoms with Gasteiger partial charge in [0, 0.05) is 24.8 Å². The fourth-order valence-corrected chi connectivity index (χ4v) is 5.18. The van der Waals surface area contributed by atoms with Gasteiger partial charge in [0.25, 0.3) is 0 Å². The number of fused-ring (bicyclic) bond motifs is 1. The summed E-state index contributed by atoms with van der Waals surface area (Å²) < 4.78 is 18.0. The zero-order chi connectivity index (χ0) is 29.5. The summed E-state index contributed by atoms with van der Waals surface area (Å²) in [6, 6.07) is 9.63. The number of carbonyl (C=O) groups is 3. The van der Waals surface area contributed by atoms with Gasteiger partial charge in [0.2, 0.25) is 0 Å². The van der Waals surface area contributed by atoms with E-state index in [4.69, 9.17) is 19.3 Å². The van der Waals surface area contributed by atoms with Gasteiger partial charge in [0.15, 0.2) is 5.78 Å². The summed E-state index contributed by atoms with van der Waals surface area (Å²) >= 11 is 0. The standard InChI is InChI=1S/C33H44O8.2Na.2H/c1-2-11-27-30(18-16-26-28(34)20-23-41-33(26)27)40-21-8-4-3-6-12-24-13-10-14-29(25(24)17-19-32(37)38)39-22-9-5-7-15-31(35)36;;;;/h10,13-14,16,18H,2-9,11-12,15,17,19-23H2,1H3,(H,35,36)(H,37,38);;;;. The van der Waals surface area contributed by atoms with Crippen LogP contribution in [0.25, 0.3) is 0 Å². The summed E-state index contributed by atoms with van der Waals surface area (Å²) in [6.07, 6.45) is 9.75. The van der Waals surface area contributed by atoms with E-state index in [-0.39, 0.29) is 77.7 Å². The fraction of sp³-hybridized carbons (Fsp3) is 0.545. The van der Waals surface area contributed by atoms with E-state index in [1.54, 1.807) is 0 Å². The predicted molar refractivity (Wildman–Crippen MR) is 171 cm³/mol. The van der Waals surface area contributed by atoms with Crippen molar-refractivity contribution < 1.29 is 38.8 Å². The molecule has 8 nitrogen and oxygen atoms in total. The Balaban J connectivity index is 0.00000462. The van der Waals surface area contributed by atoms with E-state index in [0.29, 0.717) is 50.4 Å². The summed E-state index contributed by atoms with van der Waals surface area (Å²) in [7, 11) is 0. The van der Waals surface area contributed by atoms with Crippen LogP contribution in [-0.2, 0) is 28.9 Å². The van der Waals surface area contributed by atoms with Crippen molar-refractivity contribution in [3.63, 3.8) is 0 Å². The molecule has 0 saturated carbocycles. The van der Waals surface area contributed by atoms with Crippen LogP contribution in [0.15, 0.2) is 30.3 Å². The van der Waals surface area contributed by atoms with E-state index >= 15 is 0 Å². The molecule has 0 aromatic heterocycles. The third kappa shape index (κ3) is 13.5. The second-order valence-electron chi connectivity index (χ2n) is 10.5. The van der Waals surface area contributed by atoms with Gasteiger partial charge in [-0.2, -0.15) is 0 Å². The predicted octanol–water partition coefficient (Wildman–Crippen LogP) is 5.53. The molecule has 0 bridgehead atoms. The molecule has 2 N–H and O–H groups in total. The van der Waals surface area contributed by atoms with Crippen molar-refractivity contribution >= 4 is 76.8 Å². The van der Waals surface area contributed by atoms with Gasteiger partial charge in [-0.3, -0.25) is 14.4 Å². The molecule has 0 spiro atoms. The van der Waals surface area contributed by atoms with Crippen LogP contribution in [0, 0.1) is 0 Å². The van der Waals surface area contributed by atoms with Gasteiger partial charge in [0.05, 0.1) is 25.4 Å². The Morgan fingerprint density at radius 1 is 0.767 bits per heavy atom. The number of carboxylic acid groups (broad SMARTS) is 2. The first kappa shape index (κ1) is 39.5. The van der Waals surface area contributed by atoms with Crippen LogP contribution in [0.4, 0.5) is 0 Å². The van der Waals surface area contributed by atoms with Gasteiger partial charge in [-0.1, -0.05) is 38.3 Å². The first-order chi connectivity index (χ1) is 19.9. The van der Waals surface area contributed by atoms with Crippen LogP contribution in [0.3, 0.4) is 0 Å². The van der Waals surface area contributed by atoms with Crippen LogP contribution >= 0.6 is 0 Å². The van der Waals surface area contributed by atoms with Crippen LogP contribution in [0.1, 0.15) is 105 Å². The second-order valence-corrected chi connectivity index (χ2v) is 10.5. The quantitative estimate of drug-likeness (QED) is 0.147. The van der Waals surface area contributed by atoms with Crippen molar-refractivity contribution in [2.75, 3.05) is 19.8 Å². The summed E-state index contributed by atoms with van der Waals surface area (Å²) in [4.78, 5) is 34.2. The van der Waals surface area contributed by atoms with Gasteiger partial charge in [-0.05, 0) is 80.7 Å². The molecule has 0 amide bonds. The molecule has 228 valence electrons. The maximum absolute atomic E-state index is 12.3. The second kappa shape index (κ2) is 22.0. The molecule has 1 heterocycles. The molecule has 2 aromatic carbocycles. The van der Waals surface area contributed by atoms with Crippen molar-refractivity contribution in [2.24, 2.45) is 0 Å². The Morgan fingerprint density at radius 3 is 2.09 bits per heavy atom. The van der Waals surface area contributed by atoms with Crippen molar-refractivity contribution in [1.82, 2.24) is 0 Å². The van der Waals surface area contributed by atoms with Crippen molar-refractivity contribution in [3.05, 3.63) is 52.6 Å².